The number of fused-ring (bicyclic) bond motifs is 1. The second-order valence-electron chi connectivity index (χ2n) is 6.16. The van der Waals surface area contributed by atoms with Crippen molar-refractivity contribution in [1.29, 1.82) is 0 Å². The normalized spacial score (nSPS) is 20.7. The van der Waals surface area contributed by atoms with Crippen LogP contribution in [-0.2, 0) is 4.74 Å². The number of non-ortho nitro benzene ring substituents is 1. The van der Waals surface area contributed by atoms with Crippen molar-refractivity contribution in [3.8, 4) is 0 Å². The van der Waals surface area contributed by atoms with Gasteiger partial charge in [0.25, 0.3) is 5.69 Å². The molecule has 2 aromatic rings. The van der Waals surface area contributed by atoms with Crippen molar-refractivity contribution in [1.82, 2.24) is 10.3 Å². The number of nitro benzene ring substituents is 1. The largest absolute Gasteiger partial charge is 0.450 e. The van der Waals surface area contributed by atoms with Crippen molar-refractivity contribution in [2.24, 2.45) is 0 Å². The van der Waals surface area contributed by atoms with E-state index in [4.69, 9.17) is 4.74 Å². The molecule has 0 bridgehead atoms. The first-order valence-corrected chi connectivity index (χ1v) is 8.27. The molecule has 0 saturated heterocycles. The average Bonchev–Trinajstić information content (AvgIpc) is 2.98. The van der Waals surface area contributed by atoms with E-state index in [1.807, 2.05) is 6.20 Å². The Bertz CT molecular complexity index is 755. The van der Waals surface area contributed by atoms with Crippen LogP contribution in [0.2, 0.25) is 0 Å². The molecule has 1 heterocycles. The fourth-order valence-corrected chi connectivity index (χ4v) is 3.52. The molecule has 1 aromatic heterocycles. The van der Waals surface area contributed by atoms with E-state index in [0.29, 0.717) is 6.61 Å². The van der Waals surface area contributed by atoms with Gasteiger partial charge in [-0.05, 0) is 43.7 Å². The van der Waals surface area contributed by atoms with Crippen LogP contribution < -0.4 is 5.32 Å². The number of nitrogens with zero attached hydrogens (tertiary/aromatic N) is 1. The molecule has 2 N–H and O–H groups in total. The van der Waals surface area contributed by atoms with Crippen molar-refractivity contribution in [3.05, 3.63) is 40.1 Å². The first-order chi connectivity index (χ1) is 11.6. The lowest BCUT2D eigenvalue weighted by atomic mass is 9.81. The van der Waals surface area contributed by atoms with Gasteiger partial charge in [0.1, 0.15) is 0 Å². The van der Waals surface area contributed by atoms with E-state index in [1.54, 1.807) is 19.1 Å². The number of carbonyl (C=O) groups is 1. The van der Waals surface area contributed by atoms with E-state index >= 15 is 0 Å². The summed E-state index contributed by atoms with van der Waals surface area (Å²) in [4.78, 5) is 25.5. The van der Waals surface area contributed by atoms with Crippen LogP contribution in [0, 0.1) is 10.1 Å². The van der Waals surface area contributed by atoms with Gasteiger partial charge >= 0.3 is 6.09 Å². The number of aromatic amines is 1. The lowest BCUT2D eigenvalue weighted by Crippen LogP contribution is -2.38. The molecule has 2 unspecified atom stereocenters. The number of alkyl carbamates (subject to hydrolysis) is 1. The molecule has 3 rings (SSSR count). The zero-order valence-electron chi connectivity index (χ0n) is 13.6. The summed E-state index contributed by atoms with van der Waals surface area (Å²) in [5.74, 6) is 0.265. The number of ether oxygens (including phenoxy) is 1. The molecule has 1 amide bonds. The molecular formula is C17H21N3O4. The number of rotatable bonds is 4. The highest BCUT2D eigenvalue weighted by Gasteiger charge is 2.27. The maximum absolute atomic E-state index is 11.6. The Morgan fingerprint density at radius 2 is 2.29 bits per heavy atom. The molecule has 1 aliphatic rings. The lowest BCUT2D eigenvalue weighted by Gasteiger charge is -2.29. The van der Waals surface area contributed by atoms with E-state index < -0.39 is 0 Å². The summed E-state index contributed by atoms with van der Waals surface area (Å²) in [7, 11) is 0. The average molecular weight is 331 g/mol. The maximum atomic E-state index is 11.6. The van der Waals surface area contributed by atoms with E-state index in [0.717, 1.165) is 42.1 Å². The van der Waals surface area contributed by atoms with Crippen LogP contribution in [-0.4, -0.2) is 28.6 Å². The summed E-state index contributed by atoms with van der Waals surface area (Å²) < 4.78 is 4.95. The molecule has 7 heteroatoms. The molecule has 1 aromatic carbocycles. The van der Waals surface area contributed by atoms with Gasteiger partial charge in [0.15, 0.2) is 0 Å². The van der Waals surface area contributed by atoms with Gasteiger partial charge in [0, 0.05) is 35.3 Å². The van der Waals surface area contributed by atoms with Crippen LogP contribution in [0.3, 0.4) is 0 Å². The van der Waals surface area contributed by atoms with E-state index in [-0.39, 0.29) is 28.7 Å². The quantitative estimate of drug-likeness (QED) is 0.657. The topological polar surface area (TPSA) is 97.3 Å². The predicted molar refractivity (Wildman–Crippen MR) is 90.1 cm³/mol. The van der Waals surface area contributed by atoms with Crippen LogP contribution in [0.1, 0.15) is 44.1 Å². The lowest BCUT2D eigenvalue weighted by molar-refractivity contribution is -0.384. The predicted octanol–water partition coefficient (Wildman–Crippen LogP) is 3.85. The number of aromatic nitrogens is 1. The van der Waals surface area contributed by atoms with Crippen LogP contribution in [0.25, 0.3) is 10.9 Å². The minimum atomic E-state index is -0.377. The molecule has 0 aliphatic heterocycles. The summed E-state index contributed by atoms with van der Waals surface area (Å²) in [5, 5.41) is 14.8. The Morgan fingerprint density at radius 3 is 3.04 bits per heavy atom. The van der Waals surface area contributed by atoms with Crippen molar-refractivity contribution >= 4 is 22.7 Å². The highest BCUT2D eigenvalue weighted by molar-refractivity contribution is 5.86. The third-order valence-electron chi connectivity index (χ3n) is 4.62. The molecule has 0 radical (unpaired) electrons. The number of benzene rings is 1. The molecule has 24 heavy (non-hydrogen) atoms. The van der Waals surface area contributed by atoms with Gasteiger partial charge in [-0.1, -0.05) is 6.42 Å². The van der Waals surface area contributed by atoms with E-state index in [9.17, 15) is 14.9 Å². The monoisotopic (exact) mass is 331 g/mol. The number of carbonyl (C=O) groups excluding carboxylic acids is 1. The van der Waals surface area contributed by atoms with Crippen LogP contribution in [0.4, 0.5) is 10.5 Å². The third-order valence-corrected chi connectivity index (χ3v) is 4.62. The maximum Gasteiger partial charge on any atom is 0.407 e. The van der Waals surface area contributed by atoms with Crippen LogP contribution in [0.5, 0.6) is 0 Å². The SMILES string of the molecule is CCOC(=O)NC1CCCC(c2c[nH]c3ccc([N+](=O)[O-])cc23)C1. The van der Waals surface area contributed by atoms with Gasteiger partial charge in [-0.3, -0.25) is 10.1 Å². The first kappa shape index (κ1) is 16.3. The summed E-state index contributed by atoms with van der Waals surface area (Å²) in [6.45, 7) is 2.14. The first-order valence-electron chi connectivity index (χ1n) is 8.27. The van der Waals surface area contributed by atoms with Gasteiger partial charge in [-0.25, -0.2) is 4.79 Å². The summed E-state index contributed by atoms with van der Waals surface area (Å²) in [5.41, 5.74) is 2.08. The number of H-pyrrole nitrogens is 1. The fraction of sp³-hybridized carbons (Fsp3) is 0.471. The van der Waals surface area contributed by atoms with Gasteiger partial charge < -0.3 is 15.0 Å². The smallest absolute Gasteiger partial charge is 0.407 e. The molecule has 2 atom stereocenters. The fourth-order valence-electron chi connectivity index (χ4n) is 3.52. The highest BCUT2D eigenvalue weighted by atomic mass is 16.6. The molecule has 1 saturated carbocycles. The van der Waals surface area contributed by atoms with Crippen LogP contribution >= 0.6 is 0 Å². The molecule has 0 spiro atoms. The van der Waals surface area contributed by atoms with E-state index in [2.05, 4.69) is 10.3 Å². The van der Waals surface area contributed by atoms with Gasteiger partial charge in [-0.15, -0.1) is 0 Å². The number of hydrogen-bond acceptors (Lipinski definition) is 4. The van der Waals surface area contributed by atoms with Gasteiger partial charge in [0.2, 0.25) is 0 Å². The number of amides is 1. The van der Waals surface area contributed by atoms with Crippen molar-refractivity contribution < 1.29 is 14.5 Å². The molecule has 1 fully saturated rings. The third kappa shape index (κ3) is 3.34. The van der Waals surface area contributed by atoms with Crippen molar-refractivity contribution in [2.75, 3.05) is 6.61 Å². The summed E-state index contributed by atoms with van der Waals surface area (Å²) in [6.07, 6.45) is 5.32. The molecule has 7 nitrogen and oxygen atoms in total. The second-order valence-corrected chi connectivity index (χ2v) is 6.16. The Kier molecular flexibility index (Phi) is 4.69. The second kappa shape index (κ2) is 6.90. The van der Waals surface area contributed by atoms with Crippen molar-refractivity contribution in [2.45, 2.75) is 44.6 Å². The van der Waals surface area contributed by atoms with Gasteiger partial charge in [-0.2, -0.15) is 0 Å². The Morgan fingerprint density at radius 1 is 1.46 bits per heavy atom. The zero-order valence-corrected chi connectivity index (χ0v) is 13.6. The minimum Gasteiger partial charge on any atom is -0.450 e. The summed E-state index contributed by atoms with van der Waals surface area (Å²) >= 11 is 0. The molecular weight excluding hydrogens is 310 g/mol. The number of nitrogens with one attached hydrogen (secondary N) is 2. The number of hydrogen-bond donors (Lipinski definition) is 2. The Balaban J connectivity index is 1.80. The number of nitro groups is 1. The van der Waals surface area contributed by atoms with Crippen LogP contribution in [0.15, 0.2) is 24.4 Å². The molecule has 1 aliphatic carbocycles. The Hall–Kier alpha value is -2.57. The van der Waals surface area contributed by atoms with E-state index in [1.165, 1.54) is 6.07 Å². The highest BCUT2D eigenvalue weighted by Crippen LogP contribution is 2.37. The van der Waals surface area contributed by atoms with Gasteiger partial charge in [0.05, 0.1) is 11.5 Å². The Labute approximate surface area is 139 Å². The minimum absolute atomic E-state index is 0.0754. The van der Waals surface area contributed by atoms with Crippen molar-refractivity contribution in [3.63, 3.8) is 0 Å². The summed E-state index contributed by atoms with van der Waals surface area (Å²) in [6, 6.07) is 4.96. The standard InChI is InChI=1S/C17H21N3O4/c1-2-24-17(21)19-12-5-3-4-11(8-12)15-10-18-16-7-6-13(20(22)23)9-14(15)16/h6-7,9-12,18H,2-5,8H2,1H3,(H,19,21). The molecule has 128 valence electrons. The zero-order chi connectivity index (χ0) is 17.1.